The normalized spacial score (nSPS) is 11.0. The van der Waals surface area contributed by atoms with Crippen molar-refractivity contribution < 1.29 is 31.9 Å². The summed E-state index contributed by atoms with van der Waals surface area (Å²) >= 11 is 0. The standard InChI is InChI=1S/C18H16F4N2O3/c1-10-13(19)7-11(17(26)27-2)8-15(10)23-9-16(25)24-14-6-4-3-5-12(14)18(20,21)22/h3-8,23H,9H2,1-2H3,(H,24,25). The second kappa shape index (κ2) is 8.07. The molecule has 0 aliphatic heterocycles. The molecule has 0 bridgehead atoms. The van der Waals surface area contributed by atoms with E-state index in [0.29, 0.717) is 0 Å². The van der Waals surface area contributed by atoms with E-state index in [0.717, 1.165) is 25.3 Å². The number of esters is 1. The van der Waals surface area contributed by atoms with Gasteiger partial charge in [0.05, 0.1) is 30.5 Å². The fourth-order valence-corrected chi connectivity index (χ4v) is 2.31. The number of ether oxygens (including phenoxy) is 1. The summed E-state index contributed by atoms with van der Waals surface area (Å²) in [6.07, 6.45) is -4.62. The SMILES string of the molecule is COC(=O)c1cc(F)c(C)c(NCC(=O)Nc2ccccc2C(F)(F)F)c1. The number of anilines is 2. The minimum atomic E-state index is -4.62. The van der Waals surface area contributed by atoms with Crippen LogP contribution in [0.1, 0.15) is 21.5 Å². The van der Waals surface area contributed by atoms with Gasteiger partial charge < -0.3 is 15.4 Å². The first-order chi connectivity index (χ1) is 12.6. The molecule has 2 N–H and O–H groups in total. The number of amides is 1. The molecule has 0 spiro atoms. The first-order valence-corrected chi connectivity index (χ1v) is 7.72. The average Bonchev–Trinajstić information content (AvgIpc) is 2.61. The van der Waals surface area contributed by atoms with E-state index >= 15 is 0 Å². The Morgan fingerprint density at radius 3 is 2.41 bits per heavy atom. The first-order valence-electron chi connectivity index (χ1n) is 7.72. The average molecular weight is 384 g/mol. The van der Waals surface area contributed by atoms with Gasteiger partial charge in [0.2, 0.25) is 5.91 Å². The molecule has 0 saturated heterocycles. The summed E-state index contributed by atoms with van der Waals surface area (Å²) in [5, 5.41) is 4.77. The molecule has 0 aliphatic carbocycles. The molecule has 2 rings (SSSR count). The van der Waals surface area contributed by atoms with Gasteiger partial charge in [0, 0.05) is 11.3 Å². The van der Waals surface area contributed by atoms with Crippen LogP contribution in [0.15, 0.2) is 36.4 Å². The third-order valence-electron chi connectivity index (χ3n) is 3.71. The van der Waals surface area contributed by atoms with Crippen LogP contribution in [-0.2, 0) is 15.7 Å². The summed E-state index contributed by atoms with van der Waals surface area (Å²) in [6.45, 7) is 0.993. The van der Waals surface area contributed by atoms with Gasteiger partial charge in [-0.25, -0.2) is 9.18 Å². The molecule has 0 saturated carbocycles. The minimum Gasteiger partial charge on any atom is -0.465 e. The number of methoxy groups -OCH3 is 1. The lowest BCUT2D eigenvalue weighted by molar-refractivity contribution is -0.137. The molecule has 5 nitrogen and oxygen atoms in total. The van der Waals surface area contributed by atoms with Crippen LogP contribution in [0.3, 0.4) is 0 Å². The van der Waals surface area contributed by atoms with Crippen molar-refractivity contribution in [3.8, 4) is 0 Å². The van der Waals surface area contributed by atoms with E-state index in [1.807, 2.05) is 0 Å². The maximum atomic E-state index is 13.9. The summed E-state index contributed by atoms with van der Waals surface area (Å²) in [6, 6.07) is 6.83. The number of nitrogens with one attached hydrogen (secondary N) is 2. The highest BCUT2D eigenvalue weighted by Crippen LogP contribution is 2.34. The smallest absolute Gasteiger partial charge is 0.418 e. The second-order valence-electron chi connectivity index (χ2n) is 5.57. The van der Waals surface area contributed by atoms with E-state index in [-0.39, 0.29) is 22.5 Å². The molecule has 1 amide bonds. The number of alkyl halides is 3. The summed E-state index contributed by atoms with van der Waals surface area (Å²) in [5.41, 5.74) is -1.14. The lowest BCUT2D eigenvalue weighted by Gasteiger charge is -2.15. The van der Waals surface area contributed by atoms with E-state index in [1.54, 1.807) is 0 Å². The zero-order chi connectivity index (χ0) is 20.2. The van der Waals surface area contributed by atoms with E-state index in [2.05, 4.69) is 15.4 Å². The van der Waals surface area contributed by atoms with Crippen molar-refractivity contribution in [1.29, 1.82) is 0 Å². The van der Waals surface area contributed by atoms with Gasteiger partial charge >= 0.3 is 12.1 Å². The monoisotopic (exact) mass is 384 g/mol. The molecule has 0 fully saturated rings. The van der Waals surface area contributed by atoms with Crippen LogP contribution in [-0.4, -0.2) is 25.5 Å². The number of carbonyl (C=O) groups excluding carboxylic acids is 2. The van der Waals surface area contributed by atoms with Gasteiger partial charge in [-0.2, -0.15) is 13.2 Å². The molecular formula is C18H16F4N2O3. The molecule has 0 atom stereocenters. The quantitative estimate of drug-likeness (QED) is 0.604. The number of rotatable bonds is 5. The maximum Gasteiger partial charge on any atom is 0.418 e. The third-order valence-corrected chi connectivity index (χ3v) is 3.71. The Balaban J connectivity index is 2.13. The number of halogens is 4. The Hall–Kier alpha value is -3.10. The van der Waals surface area contributed by atoms with Crippen molar-refractivity contribution in [2.75, 3.05) is 24.3 Å². The maximum absolute atomic E-state index is 13.9. The molecule has 0 radical (unpaired) electrons. The van der Waals surface area contributed by atoms with Crippen molar-refractivity contribution in [3.63, 3.8) is 0 Å². The van der Waals surface area contributed by atoms with Crippen molar-refractivity contribution in [1.82, 2.24) is 0 Å². The molecular weight excluding hydrogens is 368 g/mol. The van der Waals surface area contributed by atoms with Crippen LogP contribution < -0.4 is 10.6 Å². The van der Waals surface area contributed by atoms with Crippen molar-refractivity contribution >= 4 is 23.3 Å². The third kappa shape index (κ3) is 4.96. The molecule has 0 aromatic heterocycles. The van der Waals surface area contributed by atoms with Gasteiger partial charge in [-0.15, -0.1) is 0 Å². The summed E-state index contributed by atoms with van der Waals surface area (Å²) < 4.78 is 57.3. The predicted octanol–water partition coefficient (Wildman–Crippen LogP) is 3.99. The summed E-state index contributed by atoms with van der Waals surface area (Å²) in [5.74, 6) is -2.22. The Kier molecular flexibility index (Phi) is 6.04. The number of benzene rings is 2. The zero-order valence-electron chi connectivity index (χ0n) is 14.4. The van der Waals surface area contributed by atoms with E-state index < -0.39 is 36.0 Å². The topological polar surface area (TPSA) is 67.4 Å². The fraction of sp³-hybridized carbons (Fsp3) is 0.222. The van der Waals surface area contributed by atoms with Crippen molar-refractivity contribution in [2.24, 2.45) is 0 Å². The highest BCUT2D eigenvalue weighted by Gasteiger charge is 2.33. The molecule has 2 aromatic rings. The van der Waals surface area contributed by atoms with Crippen LogP contribution in [0.2, 0.25) is 0 Å². The van der Waals surface area contributed by atoms with E-state index in [1.165, 1.54) is 25.1 Å². The number of carbonyl (C=O) groups is 2. The van der Waals surface area contributed by atoms with Gasteiger partial charge in [0.15, 0.2) is 0 Å². The lowest BCUT2D eigenvalue weighted by atomic mass is 10.1. The van der Waals surface area contributed by atoms with Crippen molar-refractivity contribution in [3.05, 3.63) is 58.9 Å². The van der Waals surface area contributed by atoms with Crippen LogP contribution >= 0.6 is 0 Å². The zero-order valence-corrected chi connectivity index (χ0v) is 14.4. The van der Waals surface area contributed by atoms with Crippen LogP contribution in [0, 0.1) is 12.7 Å². The number of para-hydroxylation sites is 1. The Bertz CT molecular complexity index is 866. The first kappa shape index (κ1) is 20.2. The van der Waals surface area contributed by atoms with Crippen LogP contribution in [0.4, 0.5) is 28.9 Å². The minimum absolute atomic E-state index is 0.0640. The van der Waals surface area contributed by atoms with Gasteiger partial charge in [-0.3, -0.25) is 4.79 Å². The highest BCUT2D eigenvalue weighted by molar-refractivity contribution is 5.95. The summed E-state index contributed by atoms with van der Waals surface area (Å²) in [7, 11) is 1.14. The van der Waals surface area contributed by atoms with E-state index in [9.17, 15) is 27.2 Å². The molecule has 0 unspecified atom stereocenters. The lowest BCUT2D eigenvalue weighted by Crippen LogP contribution is -2.24. The van der Waals surface area contributed by atoms with Gasteiger partial charge in [0.1, 0.15) is 5.82 Å². The Morgan fingerprint density at radius 2 is 1.78 bits per heavy atom. The van der Waals surface area contributed by atoms with Crippen LogP contribution in [0.5, 0.6) is 0 Å². The highest BCUT2D eigenvalue weighted by atomic mass is 19.4. The predicted molar refractivity (Wildman–Crippen MR) is 91.0 cm³/mol. The Labute approximate surface area is 152 Å². The number of hydrogen-bond acceptors (Lipinski definition) is 4. The van der Waals surface area contributed by atoms with Gasteiger partial charge in [0.25, 0.3) is 0 Å². The van der Waals surface area contributed by atoms with Gasteiger partial charge in [-0.1, -0.05) is 12.1 Å². The van der Waals surface area contributed by atoms with E-state index in [4.69, 9.17) is 0 Å². The van der Waals surface area contributed by atoms with Gasteiger partial charge in [-0.05, 0) is 31.2 Å². The molecule has 0 heterocycles. The number of hydrogen-bond donors (Lipinski definition) is 2. The molecule has 0 aliphatic rings. The van der Waals surface area contributed by atoms with Crippen LogP contribution in [0.25, 0.3) is 0 Å². The van der Waals surface area contributed by atoms with Crippen molar-refractivity contribution in [2.45, 2.75) is 13.1 Å². The molecule has 27 heavy (non-hydrogen) atoms. The molecule has 2 aromatic carbocycles. The summed E-state index contributed by atoms with van der Waals surface area (Å²) in [4.78, 5) is 23.5. The second-order valence-corrected chi connectivity index (χ2v) is 5.57. The molecule has 9 heteroatoms. The fourth-order valence-electron chi connectivity index (χ4n) is 2.31. The molecule has 144 valence electrons. The Morgan fingerprint density at radius 1 is 1.11 bits per heavy atom. The largest absolute Gasteiger partial charge is 0.465 e.